The van der Waals surface area contributed by atoms with Gasteiger partial charge in [0.2, 0.25) is 0 Å². The highest BCUT2D eigenvalue weighted by Crippen LogP contribution is 2.35. The fraction of sp³-hybridized carbons (Fsp3) is 0.385. The van der Waals surface area contributed by atoms with Gasteiger partial charge in [-0.1, -0.05) is 30.1 Å². The largest absolute Gasteiger partial charge is 0.486 e. The first-order valence-corrected chi connectivity index (χ1v) is 8.19. The summed E-state index contributed by atoms with van der Waals surface area (Å²) in [5.41, 5.74) is 8.40. The summed E-state index contributed by atoms with van der Waals surface area (Å²) >= 11 is 18.3. The maximum absolute atomic E-state index is 5.96. The van der Waals surface area contributed by atoms with Gasteiger partial charge in [0.25, 0.3) is 0 Å². The summed E-state index contributed by atoms with van der Waals surface area (Å²) in [6.45, 7) is 2.31. The third kappa shape index (κ3) is 5.64. The van der Waals surface area contributed by atoms with Crippen LogP contribution in [-0.4, -0.2) is 12.6 Å². The van der Waals surface area contributed by atoms with Gasteiger partial charge in [0, 0.05) is 11.6 Å². The predicted octanol–water partition coefficient (Wildman–Crippen LogP) is 5.19. The van der Waals surface area contributed by atoms with Crippen LogP contribution in [0.3, 0.4) is 0 Å². The number of rotatable bonds is 6. The van der Waals surface area contributed by atoms with Crippen molar-refractivity contribution in [3.05, 3.63) is 37.2 Å². The van der Waals surface area contributed by atoms with Crippen LogP contribution in [0, 0.1) is 0 Å². The molecule has 0 aromatic heterocycles. The average Bonchev–Trinajstić information content (AvgIpc) is 2.37. The van der Waals surface area contributed by atoms with Gasteiger partial charge in [0.15, 0.2) is 0 Å². The van der Waals surface area contributed by atoms with Crippen LogP contribution in [0.5, 0.6) is 5.75 Å². The molecule has 0 spiro atoms. The third-order valence-corrected chi connectivity index (χ3v) is 4.32. The Kier molecular flexibility index (Phi) is 7.77. The number of hydrogen-bond donors (Lipinski definition) is 1. The van der Waals surface area contributed by atoms with E-state index < -0.39 is 0 Å². The van der Waals surface area contributed by atoms with Gasteiger partial charge >= 0.3 is 0 Å². The summed E-state index contributed by atoms with van der Waals surface area (Å²) < 4.78 is 7.32. The minimum absolute atomic E-state index is 0.166. The molecule has 0 bridgehead atoms. The molecule has 0 heterocycles. The molecule has 0 fully saturated rings. The second-order valence-electron chi connectivity index (χ2n) is 4.11. The molecule has 2 nitrogen and oxygen atoms in total. The van der Waals surface area contributed by atoms with Gasteiger partial charge < -0.3 is 10.5 Å². The molecule has 106 valence electrons. The minimum Gasteiger partial charge on any atom is -0.486 e. The standard InChI is InChI=1S/C13H15Br2Cl2NO/c1-2-10(18)3-8-4-11(14)13(12(15)5-8)19-7-9(17)6-16/h4-6,10H,2-3,7,18H2,1H3/b9-6-. The van der Waals surface area contributed by atoms with E-state index in [1.165, 1.54) is 5.54 Å². The van der Waals surface area contributed by atoms with Crippen LogP contribution in [-0.2, 0) is 6.42 Å². The average molecular weight is 432 g/mol. The van der Waals surface area contributed by atoms with E-state index in [1.807, 2.05) is 12.1 Å². The zero-order chi connectivity index (χ0) is 14.4. The summed E-state index contributed by atoms with van der Waals surface area (Å²) in [5, 5.41) is 0.442. The Morgan fingerprint density at radius 2 is 2.00 bits per heavy atom. The van der Waals surface area contributed by atoms with E-state index in [4.69, 9.17) is 33.7 Å². The lowest BCUT2D eigenvalue weighted by molar-refractivity contribution is 0.354. The van der Waals surface area contributed by atoms with Crippen LogP contribution >= 0.6 is 55.1 Å². The Labute approximate surface area is 140 Å². The number of ether oxygens (including phenoxy) is 1. The van der Waals surface area contributed by atoms with Gasteiger partial charge in [-0.2, -0.15) is 0 Å². The van der Waals surface area contributed by atoms with Crippen LogP contribution in [0.4, 0.5) is 0 Å². The van der Waals surface area contributed by atoms with Crippen molar-refractivity contribution in [2.45, 2.75) is 25.8 Å². The van der Waals surface area contributed by atoms with E-state index in [9.17, 15) is 0 Å². The molecule has 19 heavy (non-hydrogen) atoms. The summed E-state index contributed by atoms with van der Waals surface area (Å²) in [7, 11) is 0. The monoisotopic (exact) mass is 429 g/mol. The lowest BCUT2D eigenvalue weighted by Crippen LogP contribution is -2.21. The number of halogens is 4. The molecule has 0 aliphatic heterocycles. The molecule has 1 unspecified atom stereocenters. The highest BCUT2D eigenvalue weighted by molar-refractivity contribution is 9.11. The van der Waals surface area contributed by atoms with Crippen LogP contribution < -0.4 is 10.5 Å². The molecule has 1 aromatic rings. The molecular formula is C13H15Br2Cl2NO. The first kappa shape index (κ1) is 17.3. The summed E-state index contributed by atoms with van der Waals surface area (Å²) in [4.78, 5) is 0. The van der Waals surface area contributed by atoms with Crippen molar-refractivity contribution in [2.75, 3.05) is 6.61 Å². The summed E-state index contributed by atoms with van der Waals surface area (Å²) in [6.07, 6.45) is 1.78. The normalized spacial score (nSPS) is 13.5. The second-order valence-corrected chi connectivity index (χ2v) is 6.52. The van der Waals surface area contributed by atoms with Crippen molar-refractivity contribution in [2.24, 2.45) is 5.73 Å². The van der Waals surface area contributed by atoms with Gasteiger partial charge in [-0.05, 0) is 62.4 Å². The van der Waals surface area contributed by atoms with Crippen LogP contribution in [0.25, 0.3) is 0 Å². The molecule has 0 radical (unpaired) electrons. The van der Waals surface area contributed by atoms with Crippen molar-refractivity contribution >= 4 is 55.1 Å². The molecule has 1 aromatic carbocycles. The van der Waals surface area contributed by atoms with Crippen molar-refractivity contribution in [3.8, 4) is 5.75 Å². The SMILES string of the molecule is CCC(N)Cc1cc(Br)c(OC/C(Cl)=C/Cl)c(Br)c1. The fourth-order valence-corrected chi connectivity index (χ4v) is 3.12. The Hall–Kier alpha value is 0.260. The highest BCUT2D eigenvalue weighted by atomic mass is 79.9. The smallest absolute Gasteiger partial charge is 0.148 e. The molecule has 0 amide bonds. The molecule has 1 atom stereocenters. The maximum Gasteiger partial charge on any atom is 0.148 e. The number of hydrogen-bond acceptors (Lipinski definition) is 2. The zero-order valence-electron chi connectivity index (χ0n) is 10.4. The van der Waals surface area contributed by atoms with Crippen LogP contribution in [0.2, 0.25) is 0 Å². The van der Waals surface area contributed by atoms with Crippen molar-refractivity contribution in [1.29, 1.82) is 0 Å². The van der Waals surface area contributed by atoms with Gasteiger partial charge in [-0.3, -0.25) is 0 Å². The minimum atomic E-state index is 0.166. The molecule has 0 aliphatic rings. The first-order chi connectivity index (χ1) is 8.97. The molecule has 0 saturated carbocycles. The van der Waals surface area contributed by atoms with Gasteiger partial charge in [0.1, 0.15) is 12.4 Å². The molecule has 6 heteroatoms. The van der Waals surface area contributed by atoms with Crippen molar-refractivity contribution in [3.63, 3.8) is 0 Å². The van der Waals surface area contributed by atoms with E-state index >= 15 is 0 Å². The Bertz CT molecular complexity index is 443. The topological polar surface area (TPSA) is 35.2 Å². The van der Waals surface area contributed by atoms with Crippen LogP contribution in [0.1, 0.15) is 18.9 Å². The molecule has 1 rings (SSSR count). The zero-order valence-corrected chi connectivity index (χ0v) is 15.1. The van der Waals surface area contributed by atoms with Gasteiger partial charge in [-0.25, -0.2) is 0 Å². The summed E-state index contributed by atoms with van der Waals surface area (Å²) in [6, 6.07) is 4.18. The first-order valence-electron chi connectivity index (χ1n) is 5.79. The highest BCUT2D eigenvalue weighted by Gasteiger charge is 2.11. The van der Waals surface area contributed by atoms with E-state index in [0.29, 0.717) is 10.8 Å². The van der Waals surface area contributed by atoms with E-state index in [1.54, 1.807) is 0 Å². The Morgan fingerprint density at radius 1 is 1.42 bits per heavy atom. The number of nitrogens with two attached hydrogens (primary N) is 1. The lowest BCUT2D eigenvalue weighted by atomic mass is 10.0. The van der Waals surface area contributed by atoms with Crippen LogP contribution in [0.15, 0.2) is 31.6 Å². The third-order valence-electron chi connectivity index (χ3n) is 2.55. The predicted molar refractivity (Wildman–Crippen MR) is 89.1 cm³/mol. The van der Waals surface area contributed by atoms with Gasteiger partial charge in [-0.15, -0.1) is 0 Å². The molecular weight excluding hydrogens is 417 g/mol. The molecule has 2 N–H and O–H groups in total. The molecule has 0 saturated heterocycles. The summed E-state index contributed by atoms with van der Waals surface area (Å²) in [5.74, 6) is 0.700. The van der Waals surface area contributed by atoms with E-state index in [-0.39, 0.29) is 12.6 Å². The lowest BCUT2D eigenvalue weighted by Gasteiger charge is -2.14. The quantitative estimate of drug-likeness (QED) is 0.672. The van der Waals surface area contributed by atoms with Crippen molar-refractivity contribution in [1.82, 2.24) is 0 Å². The molecule has 0 aliphatic carbocycles. The second kappa shape index (κ2) is 8.53. The maximum atomic E-state index is 5.96. The number of benzene rings is 1. The van der Waals surface area contributed by atoms with E-state index in [2.05, 4.69) is 38.8 Å². The van der Waals surface area contributed by atoms with Gasteiger partial charge in [0.05, 0.1) is 14.0 Å². The van der Waals surface area contributed by atoms with E-state index in [0.717, 1.165) is 27.4 Å². The Morgan fingerprint density at radius 3 is 2.47 bits per heavy atom. The Balaban J connectivity index is 2.85. The fourth-order valence-electron chi connectivity index (χ4n) is 1.49. The van der Waals surface area contributed by atoms with Crippen molar-refractivity contribution < 1.29 is 4.74 Å².